The SMILES string of the molecule is Cc1ccccc1CN(C)C(=O)CN1C(=O)NC2(CCCCC2C)C1=O. The van der Waals surface area contributed by atoms with Crippen LogP contribution >= 0.6 is 0 Å². The maximum absolute atomic E-state index is 12.9. The van der Waals surface area contributed by atoms with E-state index in [9.17, 15) is 14.4 Å². The molecule has 2 aliphatic rings. The summed E-state index contributed by atoms with van der Waals surface area (Å²) in [5.41, 5.74) is 1.35. The molecular formula is C20H27N3O3. The van der Waals surface area contributed by atoms with Gasteiger partial charge in [0.1, 0.15) is 12.1 Å². The lowest BCUT2D eigenvalue weighted by molar-refractivity contribution is -0.140. The molecule has 1 saturated heterocycles. The number of benzene rings is 1. The van der Waals surface area contributed by atoms with E-state index in [1.54, 1.807) is 11.9 Å². The van der Waals surface area contributed by atoms with Crippen LogP contribution < -0.4 is 5.32 Å². The van der Waals surface area contributed by atoms with Crippen LogP contribution in [0.15, 0.2) is 24.3 Å². The van der Waals surface area contributed by atoms with Crippen molar-refractivity contribution in [3.8, 4) is 0 Å². The third-order valence-corrected chi connectivity index (χ3v) is 5.89. The molecule has 0 bridgehead atoms. The number of aryl methyl sites for hydroxylation is 1. The minimum Gasteiger partial charge on any atom is -0.340 e. The van der Waals surface area contributed by atoms with E-state index >= 15 is 0 Å². The molecule has 1 aliphatic heterocycles. The first-order valence-electron chi connectivity index (χ1n) is 9.28. The summed E-state index contributed by atoms with van der Waals surface area (Å²) in [6.45, 7) is 4.25. The number of rotatable bonds is 4. The summed E-state index contributed by atoms with van der Waals surface area (Å²) in [4.78, 5) is 40.6. The van der Waals surface area contributed by atoms with Gasteiger partial charge in [-0.3, -0.25) is 14.5 Å². The largest absolute Gasteiger partial charge is 0.340 e. The molecule has 0 aromatic heterocycles. The number of hydrogen-bond donors (Lipinski definition) is 1. The second kappa shape index (κ2) is 7.09. The Kier molecular flexibility index (Phi) is 5.03. The van der Waals surface area contributed by atoms with Gasteiger partial charge in [-0.05, 0) is 36.8 Å². The molecule has 1 saturated carbocycles. The van der Waals surface area contributed by atoms with E-state index in [-0.39, 0.29) is 24.3 Å². The minimum absolute atomic E-state index is 0.0949. The zero-order chi connectivity index (χ0) is 18.9. The lowest BCUT2D eigenvalue weighted by Crippen LogP contribution is -2.54. The topological polar surface area (TPSA) is 69.7 Å². The van der Waals surface area contributed by atoms with Gasteiger partial charge in [-0.2, -0.15) is 0 Å². The molecule has 0 radical (unpaired) electrons. The molecule has 140 valence electrons. The highest BCUT2D eigenvalue weighted by Crippen LogP contribution is 2.38. The molecule has 6 heteroatoms. The van der Waals surface area contributed by atoms with Gasteiger partial charge in [-0.1, -0.05) is 44.0 Å². The number of urea groups is 1. The van der Waals surface area contributed by atoms with Crippen molar-refractivity contribution in [2.75, 3.05) is 13.6 Å². The smallest absolute Gasteiger partial charge is 0.325 e. The van der Waals surface area contributed by atoms with Crippen molar-refractivity contribution in [2.45, 2.75) is 51.6 Å². The zero-order valence-corrected chi connectivity index (χ0v) is 15.7. The van der Waals surface area contributed by atoms with Gasteiger partial charge in [0.15, 0.2) is 0 Å². The number of hydrogen-bond acceptors (Lipinski definition) is 3. The van der Waals surface area contributed by atoms with Gasteiger partial charge in [-0.25, -0.2) is 4.79 Å². The predicted molar refractivity (Wildman–Crippen MR) is 98.3 cm³/mol. The van der Waals surface area contributed by atoms with Crippen molar-refractivity contribution in [1.82, 2.24) is 15.1 Å². The van der Waals surface area contributed by atoms with Gasteiger partial charge in [0.05, 0.1) is 0 Å². The minimum atomic E-state index is -0.815. The number of carbonyl (C=O) groups excluding carboxylic acids is 3. The quantitative estimate of drug-likeness (QED) is 0.842. The third kappa shape index (κ3) is 3.20. The number of carbonyl (C=O) groups is 3. The Hall–Kier alpha value is -2.37. The molecule has 4 amide bonds. The Morgan fingerprint density at radius 1 is 1.31 bits per heavy atom. The average Bonchev–Trinajstić information content (AvgIpc) is 2.84. The molecule has 1 aliphatic carbocycles. The number of imide groups is 1. The van der Waals surface area contributed by atoms with E-state index in [0.717, 1.165) is 35.3 Å². The van der Waals surface area contributed by atoms with E-state index in [1.165, 1.54) is 0 Å². The Labute approximate surface area is 154 Å². The Morgan fingerprint density at radius 2 is 2.04 bits per heavy atom. The molecule has 2 atom stereocenters. The Bertz CT molecular complexity index is 733. The number of nitrogens with zero attached hydrogens (tertiary/aromatic N) is 2. The Morgan fingerprint density at radius 3 is 2.73 bits per heavy atom. The molecule has 26 heavy (non-hydrogen) atoms. The second-order valence-corrected chi connectivity index (χ2v) is 7.62. The summed E-state index contributed by atoms with van der Waals surface area (Å²) in [7, 11) is 1.70. The average molecular weight is 357 g/mol. The summed E-state index contributed by atoms with van der Waals surface area (Å²) >= 11 is 0. The predicted octanol–water partition coefficient (Wildman–Crippen LogP) is 2.45. The van der Waals surface area contributed by atoms with Crippen LogP contribution in [-0.4, -0.2) is 46.8 Å². The Balaban J connectivity index is 1.68. The molecule has 6 nitrogen and oxygen atoms in total. The molecule has 1 heterocycles. The third-order valence-electron chi connectivity index (χ3n) is 5.89. The van der Waals surface area contributed by atoms with Crippen molar-refractivity contribution in [3.63, 3.8) is 0 Å². The van der Waals surface area contributed by atoms with Crippen molar-refractivity contribution < 1.29 is 14.4 Å². The van der Waals surface area contributed by atoms with Crippen LogP contribution in [0.1, 0.15) is 43.7 Å². The van der Waals surface area contributed by atoms with Crippen LogP contribution in [0.5, 0.6) is 0 Å². The first kappa shape index (κ1) is 18.4. The lowest BCUT2D eigenvalue weighted by Gasteiger charge is -2.36. The van der Waals surface area contributed by atoms with Crippen LogP contribution in [0.3, 0.4) is 0 Å². The van der Waals surface area contributed by atoms with Crippen molar-refractivity contribution in [3.05, 3.63) is 35.4 Å². The van der Waals surface area contributed by atoms with Crippen LogP contribution in [0.2, 0.25) is 0 Å². The van der Waals surface area contributed by atoms with Gasteiger partial charge in [-0.15, -0.1) is 0 Å². The fraction of sp³-hybridized carbons (Fsp3) is 0.550. The highest BCUT2D eigenvalue weighted by Gasteiger charge is 2.55. The van der Waals surface area contributed by atoms with E-state index in [0.29, 0.717) is 13.0 Å². The number of likely N-dealkylation sites (N-methyl/N-ethyl adjacent to an activating group) is 1. The van der Waals surface area contributed by atoms with Gasteiger partial charge in [0.2, 0.25) is 5.91 Å². The van der Waals surface area contributed by atoms with E-state index in [4.69, 9.17) is 0 Å². The molecule has 2 unspecified atom stereocenters. The number of nitrogens with one attached hydrogen (secondary N) is 1. The molecule has 1 aromatic rings. The zero-order valence-electron chi connectivity index (χ0n) is 15.7. The molecule has 2 fully saturated rings. The van der Waals surface area contributed by atoms with Gasteiger partial charge in [0.25, 0.3) is 5.91 Å². The first-order valence-corrected chi connectivity index (χ1v) is 9.28. The fourth-order valence-corrected chi connectivity index (χ4v) is 4.03. The highest BCUT2D eigenvalue weighted by atomic mass is 16.2. The summed E-state index contributed by atoms with van der Waals surface area (Å²) in [5, 5.41) is 2.89. The number of amides is 4. The van der Waals surface area contributed by atoms with Gasteiger partial charge >= 0.3 is 6.03 Å². The van der Waals surface area contributed by atoms with E-state index in [2.05, 4.69) is 5.32 Å². The maximum atomic E-state index is 12.9. The summed E-state index contributed by atoms with van der Waals surface area (Å²) in [6.07, 6.45) is 3.57. The fourth-order valence-electron chi connectivity index (χ4n) is 4.03. The molecular weight excluding hydrogens is 330 g/mol. The van der Waals surface area contributed by atoms with E-state index < -0.39 is 11.6 Å². The molecule has 1 N–H and O–H groups in total. The standard InChI is InChI=1S/C20H27N3O3/c1-14-8-4-5-10-16(14)12-22(3)17(24)13-23-18(25)20(21-19(23)26)11-7-6-9-15(20)2/h4-5,8,10,15H,6-7,9,11-13H2,1-3H3,(H,21,26). The van der Waals surface area contributed by atoms with Crippen molar-refractivity contribution >= 4 is 17.8 Å². The van der Waals surface area contributed by atoms with Crippen molar-refractivity contribution in [1.29, 1.82) is 0 Å². The van der Waals surface area contributed by atoms with Crippen LogP contribution in [-0.2, 0) is 16.1 Å². The first-order chi connectivity index (χ1) is 12.3. The second-order valence-electron chi connectivity index (χ2n) is 7.62. The summed E-state index contributed by atoms with van der Waals surface area (Å²) in [5.74, 6) is -0.387. The maximum Gasteiger partial charge on any atom is 0.325 e. The normalized spacial score (nSPS) is 25.5. The van der Waals surface area contributed by atoms with E-state index in [1.807, 2.05) is 38.1 Å². The molecule has 3 rings (SSSR count). The van der Waals surface area contributed by atoms with Crippen molar-refractivity contribution in [2.24, 2.45) is 5.92 Å². The monoisotopic (exact) mass is 357 g/mol. The molecule has 1 aromatic carbocycles. The van der Waals surface area contributed by atoms with Crippen LogP contribution in [0, 0.1) is 12.8 Å². The summed E-state index contributed by atoms with van der Waals surface area (Å²) in [6, 6.07) is 7.43. The van der Waals surface area contributed by atoms with Crippen LogP contribution in [0.4, 0.5) is 4.79 Å². The van der Waals surface area contributed by atoms with Gasteiger partial charge < -0.3 is 10.2 Å². The lowest BCUT2D eigenvalue weighted by atomic mass is 9.73. The summed E-state index contributed by atoms with van der Waals surface area (Å²) < 4.78 is 0. The molecule has 1 spiro atoms. The highest BCUT2D eigenvalue weighted by molar-refractivity contribution is 6.09. The van der Waals surface area contributed by atoms with Crippen LogP contribution in [0.25, 0.3) is 0 Å². The van der Waals surface area contributed by atoms with Gasteiger partial charge in [0, 0.05) is 13.6 Å².